The molecule has 0 fully saturated rings. The van der Waals surface area contributed by atoms with Crippen LogP contribution in [0, 0.1) is 5.82 Å². The largest absolute Gasteiger partial charge is 0.416 e. The van der Waals surface area contributed by atoms with Gasteiger partial charge in [0, 0.05) is 17.7 Å². The van der Waals surface area contributed by atoms with Crippen LogP contribution in [0.1, 0.15) is 34.3 Å². The molecule has 3 aromatic carbocycles. The summed E-state index contributed by atoms with van der Waals surface area (Å²) in [6.45, 7) is 0.472. The van der Waals surface area contributed by atoms with Crippen molar-refractivity contribution in [3.8, 4) is 0 Å². The average molecular weight is 473 g/mol. The predicted molar refractivity (Wildman–Crippen MR) is 121 cm³/mol. The Hall–Kier alpha value is -3.13. The highest BCUT2D eigenvalue weighted by Gasteiger charge is 2.31. The normalized spacial score (nSPS) is 11.8. The third-order valence-corrected chi connectivity index (χ3v) is 6.23. The Balaban J connectivity index is 1.51. The fourth-order valence-electron chi connectivity index (χ4n) is 3.49. The number of alkyl halides is 3. The highest BCUT2D eigenvalue weighted by molar-refractivity contribution is 7.99. The molecule has 0 aliphatic rings. The van der Waals surface area contributed by atoms with Crippen molar-refractivity contribution in [2.45, 2.75) is 30.7 Å². The molecule has 1 aromatic heterocycles. The second-order valence-electron chi connectivity index (χ2n) is 7.55. The van der Waals surface area contributed by atoms with Crippen LogP contribution in [0.15, 0.2) is 78.0 Å². The number of fused-ring (bicyclic) bond motifs is 1. The van der Waals surface area contributed by atoms with Crippen LogP contribution >= 0.6 is 11.8 Å². The van der Waals surface area contributed by atoms with Crippen molar-refractivity contribution in [1.29, 1.82) is 0 Å². The van der Waals surface area contributed by atoms with E-state index in [4.69, 9.17) is 0 Å². The number of nitrogens with zero attached hydrogens (tertiary/aromatic N) is 2. The van der Waals surface area contributed by atoms with E-state index in [9.17, 15) is 22.4 Å². The Kier molecular flexibility index (Phi) is 6.83. The molecule has 0 radical (unpaired) electrons. The maximum absolute atomic E-state index is 13.2. The third kappa shape index (κ3) is 5.63. The van der Waals surface area contributed by atoms with E-state index in [2.05, 4.69) is 4.98 Å². The Morgan fingerprint density at radius 2 is 1.70 bits per heavy atom. The number of carbonyl (C=O) groups excluding carboxylic acids is 1. The first-order chi connectivity index (χ1) is 15.8. The summed E-state index contributed by atoms with van der Waals surface area (Å²) in [5.74, 6) is 0.0910. The van der Waals surface area contributed by atoms with Crippen molar-refractivity contribution in [3.63, 3.8) is 0 Å². The minimum Gasteiger partial charge on any atom is -0.314 e. The van der Waals surface area contributed by atoms with Crippen molar-refractivity contribution in [1.82, 2.24) is 9.55 Å². The number of aromatic nitrogens is 2. The smallest absolute Gasteiger partial charge is 0.314 e. The zero-order valence-corrected chi connectivity index (χ0v) is 18.3. The summed E-state index contributed by atoms with van der Waals surface area (Å²) in [5.41, 5.74) is 1.63. The van der Waals surface area contributed by atoms with Crippen LogP contribution in [-0.2, 0) is 12.7 Å². The van der Waals surface area contributed by atoms with Gasteiger partial charge in [0.25, 0.3) is 0 Å². The van der Waals surface area contributed by atoms with Crippen LogP contribution in [0.25, 0.3) is 11.0 Å². The van der Waals surface area contributed by atoms with E-state index < -0.39 is 17.6 Å². The molecule has 0 saturated carbocycles. The lowest BCUT2D eigenvalue weighted by atomic mass is 10.1. The molecular formula is C25H20F4N2OS. The van der Waals surface area contributed by atoms with Crippen LogP contribution < -0.4 is 0 Å². The molecule has 4 aromatic rings. The number of ketones is 1. The summed E-state index contributed by atoms with van der Waals surface area (Å²) in [5, 5.41) is 0.599. The third-order valence-electron chi connectivity index (χ3n) is 5.17. The van der Waals surface area contributed by atoms with E-state index in [1.54, 1.807) is 0 Å². The highest BCUT2D eigenvalue weighted by Crippen LogP contribution is 2.33. The fraction of sp³-hybridized carbons (Fsp3) is 0.200. The topological polar surface area (TPSA) is 34.9 Å². The Morgan fingerprint density at radius 3 is 2.39 bits per heavy atom. The van der Waals surface area contributed by atoms with Crippen LogP contribution in [0.4, 0.5) is 17.6 Å². The van der Waals surface area contributed by atoms with Crippen molar-refractivity contribution in [3.05, 3.63) is 95.3 Å². The second-order valence-corrected chi connectivity index (χ2v) is 8.61. The minimum absolute atomic E-state index is 0.0804. The number of hydrogen-bond donors (Lipinski definition) is 0. The lowest BCUT2D eigenvalue weighted by molar-refractivity contribution is -0.137. The Bertz CT molecular complexity index is 1250. The SMILES string of the molecule is O=C(CCCSc1nc2cc(C(F)(F)F)ccc2n1Cc1ccccc1)c1ccc(F)cc1. The number of thioether (sulfide) groups is 1. The molecule has 0 bridgehead atoms. The molecular weight excluding hydrogens is 452 g/mol. The minimum atomic E-state index is -4.44. The summed E-state index contributed by atoms with van der Waals surface area (Å²) < 4.78 is 54.4. The molecule has 0 spiro atoms. The van der Waals surface area contributed by atoms with Gasteiger partial charge in [-0.3, -0.25) is 4.79 Å². The number of benzene rings is 3. The van der Waals surface area contributed by atoms with E-state index in [1.807, 2.05) is 34.9 Å². The number of hydrogen-bond acceptors (Lipinski definition) is 3. The van der Waals surface area contributed by atoms with Gasteiger partial charge in [-0.25, -0.2) is 9.37 Å². The zero-order valence-electron chi connectivity index (χ0n) is 17.5. The molecule has 0 aliphatic carbocycles. The van der Waals surface area contributed by atoms with Crippen LogP contribution in [0.5, 0.6) is 0 Å². The molecule has 0 aliphatic heterocycles. The molecule has 0 atom stereocenters. The fourth-order valence-corrected chi connectivity index (χ4v) is 4.44. The van der Waals surface area contributed by atoms with E-state index in [0.29, 0.717) is 35.0 Å². The monoisotopic (exact) mass is 472 g/mol. The molecule has 170 valence electrons. The van der Waals surface area contributed by atoms with Gasteiger partial charge in [-0.15, -0.1) is 0 Å². The lowest BCUT2D eigenvalue weighted by Crippen LogP contribution is -2.05. The first-order valence-corrected chi connectivity index (χ1v) is 11.3. The van der Waals surface area contributed by atoms with Crippen molar-refractivity contribution >= 4 is 28.6 Å². The van der Waals surface area contributed by atoms with E-state index in [1.165, 1.54) is 42.1 Å². The molecule has 0 N–H and O–H groups in total. The predicted octanol–water partition coefficient (Wildman–Crippen LogP) is 7.00. The molecule has 8 heteroatoms. The van der Waals surface area contributed by atoms with E-state index >= 15 is 0 Å². The summed E-state index contributed by atoms with van der Waals surface area (Å²) in [4.78, 5) is 16.8. The highest BCUT2D eigenvalue weighted by atomic mass is 32.2. The van der Waals surface area contributed by atoms with Gasteiger partial charge < -0.3 is 4.57 Å². The zero-order chi connectivity index (χ0) is 23.4. The van der Waals surface area contributed by atoms with Gasteiger partial charge in [0.1, 0.15) is 5.82 Å². The van der Waals surface area contributed by atoms with Crippen LogP contribution in [0.2, 0.25) is 0 Å². The van der Waals surface area contributed by atoms with Gasteiger partial charge in [-0.05, 0) is 54.4 Å². The van der Waals surface area contributed by atoms with E-state index in [0.717, 1.165) is 17.7 Å². The summed E-state index contributed by atoms with van der Waals surface area (Å²) in [6.07, 6.45) is -3.59. The maximum atomic E-state index is 13.2. The number of Topliss-reactive ketones (excluding diaryl/α,β-unsaturated/α-hetero) is 1. The average Bonchev–Trinajstić information content (AvgIpc) is 3.13. The van der Waals surface area contributed by atoms with Gasteiger partial charge in [-0.1, -0.05) is 42.1 Å². The molecule has 1 heterocycles. The lowest BCUT2D eigenvalue weighted by Gasteiger charge is -2.10. The summed E-state index contributed by atoms with van der Waals surface area (Å²) in [7, 11) is 0. The van der Waals surface area contributed by atoms with Gasteiger partial charge in [-0.2, -0.15) is 13.2 Å². The molecule has 3 nitrogen and oxygen atoms in total. The number of rotatable bonds is 8. The summed E-state index contributed by atoms with van der Waals surface area (Å²) >= 11 is 1.40. The molecule has 0 saturated heterocycles. The first kappa shape index (κ1) is 23.0. The van der Waals surface area contributed by atoms with Crippen molar-refractivity contribution < 1.29 is 22.4 Å². The van der Waals surface area contributed by atoms with Gasteiger partial charge in [0.05, 0.1) is 23.1 Å². The Labute approximate surface area is 192 Å². The van der Waals surface area contributed by atoms with Gasteiger partial charge in [0.2, 0.25) is 0 Å². The molecule has 0 amide bonds. The van der Waals surface area contributed by atoms with Crippen LogP contribution in [0.3, 0.4) is 0 Å². The summed E-state index contributed by atoms with van der Waals surface area (Å²) in [6, 6.07) is 18.6. The number of halogens is 4. The maximum Gasteiger partial charge on any atom is 0.416 e. The van der Waals surface area contributed by atoms with Gasteiger partial charge in [0.15, 0.2) is 10.9 Å². The second kappa shape index (κ2) is 9.79. The Morgan fingerprint density at radius 1 is 0.970 bits per heavy atom. The van der Waals surface area contributed by atoms with Crippen LogP contribution in [-0.4, -0.2) is 21.1 Å². The first-order valence-electron chi connectivity index (χ1n) is 10.3. The molecule has 0 unspecified atom stereocenters. The van der Waals surface area contributed by atoms with Gasteiger partial charge >= 0.3 is 6.18 Å². The number of imidazole rings is 1. The number of carbonyl (C=O) groups is 1. The van der Waals surface area contributed by atoms with Crippen molar-refractivity contribution in [2.24, 2.45) is 0 Å². The molecule has 33 heavy (non-hydrogen) atoms. The quantitative estimate of drug-likeness (QED) is 0.120. The van der Waals surface area contributed by atoms with E-state index in [-0.39, 0.29) is 17.7 Å². The van der Waals surface area contributed by atoms with Crippen molar-refractivity contribution in [2.75, 3.05) is 5.75 Å². The standard InChI is InChI=1S/C25H20F4N2OS/c26-20-11-8-18(9-12-20)23(32)7-4-14-33-24-30-21-15-19(25(27,28)29)10-13-22(21)31(24)16-17-5-2-1-3-6-17/h1-3,5-6,8-13,15H,4,7,14,16H2. The molecule has 4 rings (SSSR count).